The number of nitrogens with zero attached hydrogens (tertiary/aromatic N) is 5. The Balaban J connectivity index is 1.39. The van der Waals surface area contributed by atoms with Gasteiger partial charge in [-0.15, -0.1) is 4.98 Å². The largest absolute Gasteiger partial charge is 0.493 e. The lowest BCUT2D eigenvalue weighted by molar-refractivity contribution is 0.107. The van der Waals surface area contributed by atoms with Crippen molar-refractivity contribution in [2.24, 2.45) is 13.0 Å². The van der Waals surface area contributed by atoms with Gasteiger partial charge in [-0.3, -0.25) is 9.69 Å². The van der Waals surface area contributed by atoms with Gasteiger partial charge in [-0.25, -0.2) is 0 Å². The van der Waals surface area contributed by atoms with E-state index in [1.807, 2.05) is 6.07 Å². The van der Waals surface area contributed by atoms with Gasteiger partial charge in [-0.2, -0.15) is 0 Å². The smallest absolute Gasteiger partial charge is 0.270 e. The summed E-state index contributed by atoms with van der Waals surface area (Å²) >= 11 is 0. The second-order valence-corrected chi connectivity index (χ2v) is 10.4. The average Bonchev–Trinajstić information content (AvgIpc) is 3.72. The number of anilines is 1. The van der Waals surface area contributed by atoms with Gasteiger partial charge in [0.15, 0.2) is 0 Å². The van der Waals surface area contributed by atoms with Crippen LogP contribution in [0.4, 0.5) is 11.5 Å². The van der Waals surface area contributed by atoms with Crippen LogP contribution in [0.5, 0.6) is 5.75 Å². The summed E-state index contributed by atoms with van der Waals surface area (Å²) in [6, 6.07) is 14.6. The van der Waals surface area contributed by atoms with Gasteiger partial charge in [0.25, 0.3) is 11.4 Å². The van der Waals surface area contributed by atoms with Crippen LogP contribution < -0.4 is 15.2 Å². The van der Waals surface area contributed by atoms with E-state index in [2.05, 4.69) is 64.7 Å². The van der Waals surface area contributed by atoms with Crippen molar-refractivity contribution in [1.82, 2.24) is 14.5 Å². The second-order valence-electron chi connectivity index (χ2n) is 10.4. The van der Waals surface area contributed by atoms with Gasteiger partial charge in [0.1, 0.15) is 5.75 Å². The average molecular weight is 486 g/mol. The number of ether oxygens (including phenoxy) is 1. The Hall–Kier alpha value is -3.37. The Morgan fingerprint density at radius 2 is 1.86 bits per heavy atom. The topological polar surface area (TPSA) is 55.0 Å². The standard InChI is InChI=1S/C29H35N5O2/c1-6-24(22-9-11-23(12-10-22)36-18-21-7-8-21)33-16-20(3)34(17-19(33)2)26-15-28(35)32(5)25-13-14-27(30-4)31-29(25)26/h9-15,19-21,24H,6-8,16-18H2,1-3,5H3/t19-,20+,24?/m1/s1. The van der Waals surface area contributed by atoms with E-state index in [0.717, 1.165) is 49.0 Å². The molecular formula is C29H35N5O2. The first-order valence-electron chi connectivity index (χ1n) is 13.0. The Kier molecular flexibility index (Phi) is 6.72. The number of benzene rings is 1. The summed E-state index contributed by atoms with van der Waals surface area (Å²) < 4.78 is 7.55. The van der Waals surface area contributed by atoms with E-state index in [1.165, 1.54) is 18.4 Å². The highest BCUT2D eigenvalue weighted by Gasteiger charge is 2.35. The molecule has 5 rings (SSSR count). The van der Waals surface area contributed by atoms with Crippen molar-refractivity contribution in [3.63, 3.8) is 0 Å². The maximum absolute atomic E-state index is 12.8. The maximum Gasteiger partial charge on any atom is 0.270 e. The normalized spacial score (nSPS) is 21.4. The predicted molar refractivity (Wildman–Crippen MR) is 144 cm³/mol. The van der Waals surface area contributed by atoms with Gasteiger partial charge in [-0.1, -0.05) is 25.6 Å². The zero-order valence-electron chi connectivity index (χ0n) is 21.6. The molecule has 1 saturated carbocycles. The van der Waals surface area contributed by atoms with Crippen LogP contribution in [-0.4, -0.2) is 46.2 Å². The molecule has 7 heteroatoms. The molecule has 188 valence electrons. The number of aryl methyl sites for hydroxylation is 1. The molecule has 3 aromatic rings. The fourth-order valence-electron chi connectivity index (χ4n) is 5.45. The molecule has 1 aromatic carbocycles. The van der Waals surface area contributed by atoms with Gasteiger partial charge in [0.2, 0.25) is 5.52 Å². The van der Waals surface area contributed by atoms with Crippen molar-refractivity contribution in [2.75, 3.05) is 24.6 Å². The number of fused-ring (bicyclic) bond motifs is 1. The van der Waals surface area contributed by atoms with Gasteiger partial charge >= 0.3 is 0 Å². The molecule has 0 amide bonds. The Bertz CT molecular complexity index is 1340. The Labute approximate surface area is 213 Å². The summed E-state index contributed by atoms with van der Waals surface area (Å²) in [5, 5.41) is 0. The summed E-state index contributed by atoms with van der Waals surface area (Å²) in [7, 11) is 1.76. The molecule has 0 spiro atoms. The van der Waals surface area contributed by atoms with Crippen LogP contribution in [0.2, 0.25) is 0 Å². The van der Waals surface area contributed by atoms with Crippen molar-refractivity contribution in [2.45, 2.75) is 58.2 Å². The minimum atomic E-state index is -0.0624. The zero-order chi connectivity index (χ0) is 25.4. The third-order valence-electron chi connectivity index (χ3n) is 7.75. The Morgan fingerprint density at radius 1 is 1.11 bits per heavy atom. The van der Waals surface area contributed by atoms with E-state index < -0.39 is 0 Å². The van der Waals surface area contributed by atoms with Crippen LogP contribution in [0.15, 0.2) is 47.3 Å². The highest BCUT2D eigenvalue weighted by molar-refractivity contribution is 5.89. The minimum Gasteiger partial charge on any atom is -0.493 e. The molecule has 3 atom stereocenters. The quantitative estimate of drug-likeness (QED) is 0.424. The predicted octanol–water partition coefficient (Wildman–Crippen LogP) is 5.32. The highest BCUT2D eigenvalue weighted by atomic mass is 16.5. The zero-order valence-corrected chi connectivity index (χ0v) is 21.6. The number of rotatable bonds is 7. The van der Waals surface area contributed by atoms with E-state index >= 15 is 0 Å². The molecule has 2 aliphatic rings. The number of aromatic nitrogens is 2. The van der Waals surface area contributed by atoms with Gasteiger partial charge in [0.05, 0.1) is 17.8 Å². The van der Waals surface area contributed by atoms with Gasteiger partial charge in [0, 0.05) is 44.3 Å². The van der Waals surface area contributed by atoms with Gasteiger partial charge < -0.3 is 19.0 Å². The van der Waals surface area contributed by atoms with Crippen molar-refractivity contribution >= 4 is 22.5 Å². The summed E-state index contributed by atoms with van der Waals surface area (Å²) in [6.07, 6.45) is 3.61. The molecule has 7 nitrogen and oxygen atoms in total. The monoisotopic (exact) mass is 485 g/mol. The van der Waals surface area contributed by atoms with Crippen LogP contribution in [-0.2, 0) is 7.05 Å². The Morgan fingerprint density at radius 3 is 2.53 bits per heavy atom. The lowest BCUT2D eigenvalue weighted by atomic mass is 9.97. The lowest BCUT2D eigenvalue weighted by Crippen LogP contribution is -2.57. The maximum atomic E-state index is 12.8. The first-order chi connectivity index (χ1) is 17.4. The molecule has 1 aliphatic heterocycles. The molecule has 36 heavy (non-hydrogen) atoms. The van der Waals surface area contributed by atoms with Crippen LogP contribution in [0, 0.1) is 12.5 Å². The summed E-state index contributed by atoms with van der Waals surface area (Å²) in [5.41, 5.74) is 3.54. The number of hydrogen-bond acceptors (Lipinski definition) is 5. The third kappa shape index (κ3) is 4.70. The van der Waals surface area contributed by atoms with E-state index in [1.54, 1.807) is 23.7 Å². The fourth-order valence-corrected chi connectivity index (χ4v) is 5.45. The molecule has 1 aliphatic carbocycles. The summed E-state index contributed by atoms with van der Waals surface area (Å²) in [5.74, 6) is 2.05. The van der Waals surface area contributed by atoms with Crippen molar-refractivity contribution in [1.29, 1.82) is 0 Å². The first kappa shape index (κ1) is 24.3. The molecule has 0 radical (unpaired) electrons. The van der Waals surface area contributed by atoms with Crippen molar-refractivity contribution < 1.29 is 4.74 Å². The first-order valence-corrected chi connectivity index (χ1v) is 13.0. The molecular weight excluding hydrogens is 450 g/mol. The molecule has 2 fully saturated rings. The number of pyridine rings is 2. The summed E-state index contributed by atoms with van der Waals surface area (Å²) in [4.78, 5) is 25.8. The van der Waals surface area contributed by atoms with Crippen LogP contribution >= 0.6 is 0 Å². The molecule has 1 saturated heterocycles. The summed E-state index contributed by atoms with van der Waals surface area (Å²) in [6.45, 7) is 16.6. The van der Waals surface area contributed by atoms with E-state index in [9.17, 15) is 4.79 Å². The molecule has 2 aromatic heterocycles. The molecule has 0 bridgehead atoms. The van der Waals surface area contributed by atoms with Crippen molar-refractivity contribution in [3.05, 3.63) is 69.8 Å². The molecule has 1 unspecified atom stereocenters. The van der Waals surface area contributed by atoms with E-state index in [4.69, 9.17) is 11.3 Å². The molecule has 3 heterocycles. The highest BCUT2D eigenvalue weighted by Crippen LogP contribution is 2.35. The van der Waals surface area contributed by atoms with E-state index in [0.29, 0.717) is 17.4 Å². The second kappa shape index (κ2) is 9.94. The van der Waals surface area contributed by atoms with E-state index in [-0.39, 0.29) is 17.6 Å². The number of hydrogen-bond donors (Lipinski definition) is 0. The van der Waals surface area contributed by atoms with Crippen molar-refractivity contribution in [3.8, 4) is 5.75 Å². The third-order valence-corrected chi connectivity index (χ3v) is 7.75. The fraction of sp³-hybridized carbons (Fsp3) is 0.483. The SMILES string of the molecule is [C-]#[N+]c1ccc2c(n1)c(N1C[C@@H](C)N(C(CC)c3ccc(OCC4CC4)cc3)C[C@@H]1C)cc(=O)n2C. The van der Waals surface area contributed by atoms with Crippen LogP contribution in [0.3, 0.4) is 0 Å². The minimum absolute atomic E-state index is 0.0624. The number of piperazine rings is 1. The lowest BCUT2D eigenvalue weighted by Gasteiger charge is -2.48. The van der Waals surface area contributed by atoms with Gasteiger partial charge in [-0.05, 0) is 68.9 Å². The molecule has 0 N–H and O–H groups in total. The van der Waals surface area contributed by atoms with Crippen LogP contribution in [0.1, 0.15) is 51.6 Å². The van der Waals surface area contributed by atoms with Crippen LogP contribution in [0.25, 0.3) is 15.9 Å².